The number of hydrogen-bond donors (Lipinski definition) is 3. The molecule has 39 heavy (non-hydrogen) atoms. The third-order valence-electron chi connectivity index (χ3n) is 6.09. The van der Waals surface area contributed by atoms with E-state index in [2.05, 4.69) is 15.6 Å². The Labute approximate surface area is 233 Å². The molecule has 4 rings (SSSR count). The second-order valence-electron chi connectivity index (χ2n) is 8.55. The molecule has 2 aromatic carbocycles. The fourth-order valence-electron chi connectivity index (χ4n) is 4.08. The van der Waals surface area contributed by atoms with Crippen molar-refractivity contribution in [2.24, 2.45) is 10.7 Å². The normalized spacial score (nSPS) is 16.0. The van der Waals surface area contributed by atoms with Gasteiger partial charge in [0, 0.05) is 23.5 Å². The summed E-state index contributed by atoms with van der Waals surface area (Å²) in [7, 11) is 0. The van der Waals surface area contributed by atoms with Crippen LogP contribution in [0.3, 0.4) is 0 Å². The van der Waals surface area contributed by atoms with Crippen LogP contribution >= 0.6 is 23.4 Å². The van der Waals surface area contributed by atoms with E-state index < -0.39 is 22.0 Å². The molecular weight excluding hydrogens is 542 g/mol. The largest absolute Gasteiger partial charge is 0.467 e. The van der Waals surface area contributed by atoms with Gasteiger partial charge in [-0.2, -0.15) is 0 Å². The second-order valence-corrected chi connectivity index (χ2v) is 10.1. The van der Waals surface area contributed by atoms with Crippen LogP contribution in [0.25, 0.3) is 0 Å². The smallest absolute Gasteiger partial charge is 0.271 e. The number of carbonyl (C=O) groups is 2. The Kier molecular flexibility index (Phi) is 8.72. The zero-order chi connectivity index (χ0) is 28.1. The standard InChI is InChI=1S/C27H26ClN5O5S/c1-3-15-7-5-8-16(4-2)23(15)32-25(34)21-22(29)24(39-27(21)30-14-18-9-6-12-38-18)26(35)31-20-13-17(33(36)37)10-11-19(20)28/h5-13,24H,3-4,14,29H2,1-2H3,(H,31,35)(H,32,34)/t24-/m0/s1. The molecule has 2 heterocycles. The van der Waals surface area contributed by atoms with Gasteiger partial charge in [-0.1, -0.05) is 55.4 Å². The average molecular weight is 568 g/mol. The van der Waals surface area contributed by atoms with Crippen LogP contribution in [0.15, 0.2) is 75.5 Å². The minimum atomic E-state index is -1.02. The molecule has 1 aromatic heterocycles. The zero-order valence-electron chi connectivity index (χ0n) is 21.2. The maximum atomic E-state index is 13.6. The first kappa shape index (κ1) is 27.9. The number of aryl methyl sites for hydroxylation is 2. The number of nitrogens with one attached hydrogen (secondary N) is 2. The molecule has 0 saturated carbocycles. The maximum Gasteiger partial charge on any atom is 0.271 e. The fourth-order valence-corrected chi connectivity index (χ4v) is 5.35. The molecule has 0 spiro atoms. The molecule has 0 unspecified atom stereocenters. The molecule has 2 amide bonds. The topological polar surface area (TPSA) is 153 Å². The highest BCUT2D eigenvalue weighted by Gasteiger charge is 2.39. The number of carbonyl (C=O) groups excluding carboxylic acids is 2. The number of nitrogens with two attached hydrogens (primary N) is 1. The Hall–Kier alpha value is -4.09. The lowest BCUT2D eigenvalue weighted by Crippen LogP contribution is -2.29. The number of anilines is 2. The Morgan fingerprint density at radius 3 is 2.46 bits per heavy atom. The molecule has 1 aliphatic heterocycles. The number of hydrogen-bond acceptors (Lipinski definition) is 8. The van der Waals surface area contributed by atoms with Crippen molar-refractivity contribution in [3.8, 4) is 0 Å². The van der Waals surface area contributed by atoms with Gasteiger partial charge in [0.1, 0.15) is 16.1 Å². The lowest BCUT2D eigenvalue weighted by Gasteiger charge is -2.15. The predicted molar refractivity (Wildman–Crippen MR) is 153 cm³/mol. The number of furan rings is 1. The predicted octanol–water partition coefficient (Wildman–Crippen LogP) is 5.47. The molecular formula is C27H26ClN5O5S. The van der Waals surface area contributed by atoms with Crippen molar-refractivity contribution in [3.63, 3.8) is 0 Å². The van der Waals surface area contributed by atoms with E-state index in [1.165, 1.54) is 18.4 Å². The summed E-state index contributed by atoms with van der Waals surface area (Å²) in [6.45, 7) is 4.13. The monoisotopic (exact) mass is 567 g/mol. The van der Waals surface area contributed by atoms with E-state index >= 15 is 0 Å². The SMILES string of the molecule is CCc1cccc(CC)c1NC(=O)C1=C(N)[C@@H](C(=O)Nc2cc([N+](=O)[O-])ccc2Cl)SC1=NCc1ccco1. The molecule has 3 aromatic rings. The van der Waals surface area contributed by atoms with Gasteiger partial charge in [0.15, 0.2) is 0 Å². The van der Waals surface area contributed by atoms with Crippen LogP contribution in [-0.2, 0) is 29.0 Å². The number of thioether (sulfide) groups is 1. The third kappa shape index (κ3) is 6.15. The van der Waals surface area contributed by atoms with Crippen LogP contribution in [0.5, 0.6) is 0 Å². The van der Waals surface area contributed by atoms with Crippen molar-refractivity contribution < 1.29 is 18.9 Å². The lowest BCUT2D eigenvalue weighted by atomic mass is 10.0. The van der Waals surface area contributed by atoms with E-state index in [0.29, 0.717) is 24.3 Å². The minimum absolute atomic E-state index is 0.0155. The van der Waals surface area contributed by atoms with Crippen LogP contribution in [0.2, 0.25) is 5.02 Å². The quantitative estimate of drug-likeness (QED) is 0.229. The minimum Gasteiger partial charge on any atom is -0.467 e. The number of rotatable bonds is 9. The first-order valence-corrected chi connectivity index (χ1v) is 13.4. The molecule has 0 aliphatic carbocycles. The van der Waals surface area contributed by atoms with E-state index in [9.17, 15) is 19.7 Å². The number of para-hydroxylation sites is 1. The number of benzene rings is 2. The highest BCUT2D eigenvalue weighted by atomic mass is 35.5. The highest BCUT2D eigenvalue weighted by molar-refractivity contribution is 8.16. The van der Waals surface area contributed by atoms with Crippen LogP contribution in [0, 0.1) is 10.1 Å². The summed E-state index contributed by atoms with van der Waals surface area (Å²) in [6.07, 6.45) is 2.93. The van der Waals surface area contributed by atoms with Crippen molar-refractivity contribution in [2.45, 2.75) is 38.5 Å². The molecule has 12 heteroatoms. The molecule has 1 aliphatic rings. The number of non-ortho nitro benzene ring substituents is 1. The van der Waals surface area contributed by atoms with E-state index in [-0.39, 0.29) is 39.3 Å². The van der Waals surface area contributed by atoms with E-state index in [4.69, 9.17) is 21.8 Å². The van der Waals surface area contributed by atoms with Gasteiger partial charge in [-0.3, -0.25) is 24.7 Å². The number of aliphatic imine (C=N–C) groups is 1. The number of nitro benzene ring substituents is 1. The summed E-state index contributed by atoms with van der Waals surface area (Å²) in [5, 5.41) is 16.1. The van der Waals surface area contributed by atoms with Crippen LogP contribution < -0.4 is 16.4 Å². The summed E-state index contributed by atoms with van der Waals surface area (Å²) in [4.78, 5) is 42.0. The van der Waals surface area contributed by atoms with Gasteiger partial charge in [0.25, 0.3) is 11.6 Å². The molecule has 4 N–H and O–H groups in total. The number of amides is 2. The molecule has 0 bridgehead atoms. The Morgan fingerprint density at radius 1 is 1.13 bits per heavy atom. The van der Waals surface area contributed by atoms with Gasteiger partial charge in [0.2, 0.25) is 5.91 Å². The molecule has 1 atom stereocenters. The van der Waals surface area contributed by atoms with E-state index in [1.807, 2.05) is 32.0 Å². The Morgan fingerprint density at radius 2 is 1.85 bits per heavy atom. The summed E-state index contributed by atoms with van der Waals surface area (Å²) in [5.41, 5.74) is 8.99. The first-order chi connectivity index (χ1) is 18.7. The summed E-state index contributed by atoms with van der Waals surface area (Å²) in [5.74, 6) is -0.517. The second kappa shape index (κ2) is 12.2. The zero-order valence-corrected chi connectivity index (χ0v) is 22.8. The summed E-state index contributed by atoms with van der Waals surface area (Å²) in [6, 6.07) is 13.0. The summed E-state index contributed by atoms with van der Waals surface area (Å²) < 4.78 is 5.36. The van der Waals surface area contributed by atoms with Gasteiger partial charge in [-0.25, -0.2) is 0 Å². The van der Waals surface area contributed by atoms with Crippen LogP contribution in [0.1, 0.15) is 30.7 Å². The van der Waals surface area contributed by atoms with Crippen LogP contribution in [0.4, 0.5) is 17.1 Å². The third-order valence-corrected chi connectivity index (χ3v) is 7.68. The lowest BCUT2D eigenvalue weighted by molar-refractivity contribution is -0.384. The molecule has 0 fully saturated rings. The Bertz CT molecular complexity index is 1460. The van der Waals surface area contributed by atoms with Gasteiger partial charge in [0.05, 0.1) is 34.0 Å². The van der Waals surface area contributed by atoms with E-state index in [1.54, 1.807) is 12.1 Å². The molecule has 10 nitrogen and oxygen atoms in total. The maximum absolute atomic E-state index is 13.6. The molecule has 0 radical (unpaired) electrons. The van der Waals surface area contributed by atoms with Gasteiger partial charge in [-0.15, -0.1) is 0 Å². The van der Waals surface area contributed by atoms with Crippen LogP contribution in [-0.4, -0.2) is 27.0 Å². The molecule has 0 saturated heterocycles. The van der Waals surface area contributed by atoms with Crippen molar-refractivity contribution in [1.82, 2.24) is 0 Å². The van der Waals surface area contributed by atoms with Crippen molar-refractivity contribution in [2.75, 3.05) is 10.6 Å². The fraction of sp³-hybridized carbons (Fsp3) is 0.222. The van der Waals surface area contributed by atoms with Crippen molar-refractivity contribution in [1.29, 1.82) is 0 Å². The van der Waals surface area contributed by atoms with Gasteiger partial charge < -0.3 is 20.8 Å². The summed E-state index contributed by atoms with van der Waals surface area (Å²) >= 11 is 7.17. The Balaban J connectivity index is 1.67. The van der Waals surface area contributed by atoms with Crippen molar-refractivity contribution >= 4 is 57.3 Å². The van der Waals surface area contributed by atoms with Gasteiger partial charge in [-0.05, 0) is 42.2 Å². The van der Waals surface area contributed by atoms with Gasteiger partial charge >= 0.3 is 0 Å². The number of nitro groups is 1. The van der Waals surface area contributed by atoms with Crippen molar-refractivity contribution in [3.05, 3.63) is 98.1 Å². The first-order valence-electron chi connectivity index (χ1n) is 12.1. The molecule has 202 valence electrons. The number of nitrogens with zero attached hydrogens (tertiary/aromatic N) is 2. The van der Waals surface area contributed by atoms with E-state index in [0.717, 1.165) is 29.0 Å². The number of halogens is 1. The highest BCUT2D eigenvalue weighted by Crippen LogP contribution is 2.36. The average Bonchev–Trinajstić information content (AvgIpc) is 3.56.